The highest BCUT2D eigenvalue weighted by molar-refractivity contribution is 6.24. The topological polar surface area (TPSA) is 72.9 Å². The van der Waals surface area contributed by atoms with Gasteiger partial charge < -0.3 is 10.5 Å². The van der Waals surface area contributed by atoms with Crippen LogP contribution in [0.4, 0.5) is 11.4 Å². The van der Waals surface area contributed by atoms with Gasteiger partial charge in [-0.25, -0.2) is 9.91 Å². The molecule has 0 aliphatic carbocycles. The van der Waals surface area contributed by atoms with Crippen LogP contribution in [0.3, 0.4) is 0 Å². The van der Waals surface area contributed by atoms with Crippen LogP contribution >= 0.6 is 0 Å². The third-order valence-electron chi connectivity index (χ3n) is 6.38. The summed E-state index contributed by atoms with van der Waals surface area (Å²) < 4.78 is 0. The number of nitrogens with one attached hydrogen (secondary N) is 1. The molecular weight excluding hydrogens is 390 g/mol. The molecule has 2 amide bonds. The molecule has 0 bridgehead atoms. The van der Waals surface area contributed by atoms with Crippen molar-refractivity contribution in [3.8, 4) is 0 Å². The number of hydrogen-bond donors (Lipinski definition) is 2. The predicted molar refractivity (Wildman–Crippen MR) is 121 cm³/mol. The Morgan fingerprint density at radius 1 is 0.903 bits per heavy atom. The molecule has 2 N–H and O–H groups in total. The number of amides is 2. The Morgan fingerprint density at radius 3 is 2.13 bits per heavy atom. The van der Waals surface area contributed by atoms with E-state index < -0.39 is 24.1 Å². The fraction of sp³-hybridized carbons (Fsp3) is 0.360. The molecule has 0 spiro atoms. The van der Waals surface area contributed by atoms with Gasteiger partial charge in [0, 0.05) is 5.69 Å². The number of anilines is 2. The number of aliphatic hydroxyl groups is 1. The van der Waals surface area contributed by atoms with Gasteiger partial charge in [-0.05, 0) is 30.2 Å². The highest BCUT2D eigenvalue weighted by atomic mass is 16.3. The standard InChI is InChI=1S/C25H29N3O3/c1-3-17(4-2)23(29)21-16-15-20-22(28(21)26-18-11-7-5-8-12-18)25(31)27(24(20)30)19-13-9-6-10-14-19/h5-17,20-23,26,29H,3-4H2,1-2H3. The maximum Gasteiger partial charge on any atom is 0.254 e. The van der Waals surface area contributed by atoms with Crippen LogP contribution in [0.15, 0.2) is 72.8 Å². The number of rotatable bonds is 7. The van der Waals surface area contributed by atoms with Crippen molar-refractivity contribution in [2.75, 3.05) is 10.3 Å². The Balaban J connectivity index is 1.72. The molecule has 2 aromatic rings. The van der Waals surface area contributed by atoms with Gasteiger partial charge in [0.1, 0.15) is 6.04 Å². The molecule has 6 nitrogen and oxygen atoms in total. The van der Waals surface area contributed by atoms with Crippen molar-refractivity contribution in [2.45, 2.75) is 44.9 Å². The van der Waals surface area contributed by atoms with E-state index in [0.29, 0.717) is 5.69 Å². The zero-order valence-corrected chi connectivity index (χ0v) is 17.9. The molecular formula is C25H29N3O3. The van der Waals surface area contributed by atoms with Crippen LogP contribution in [0, 0.1) is 11.8 Å². The number of nitrogens with zero attached hydrogens (tertiary/aromatic N) is 2. The SMILES string of the molecule is CCC(CC)C(O)C1C=CC2C(=O)N(c3ccccc3)C(=O)C2N1Nc1ccccc1. The average molecular weight is 420 g/mol. The molecule has 162 valence electrons. The molecule has 31 heavy (non-hydrogen) atoms. The number of carbonyl (C=O) groups excluding carboxylic acids is 2. The van der Waals surface area contributed by atoms with Crippen molar-refractivity contribution in [1.82, 2.24) is 5.01 Å². The summed E-state index contributed by atoms with van der Waals surface area (Å²) >= 11 is 0. The fourth-order valence-corrected chi connectivity index (χ4v) is 4.64. The van der Waals surface area contributed by atoms with Gasteiger partial charge in [-0.3, -0.25) is 9.59 Å². The van der Waals surface area contributed by atoms with Crippen LogP contribution in [0.5, 0.6) is 0 Å². The smallest absolute Gasteiger partial charge is 0.254 e. The van der Waals surface area contributed by atoms with Crippen molar-refractivity contribution < 1.29 is 14.7 Å². The Bertz CT molecular complexity index is 943. The first-order valence-corrected chi connectivity index (χ1v) is 11.0. The number of imide groups is 1. The molecule has 2 aliphatic rings. The van der Waals surface area contributed by atoms with E-state index in [1.807, 2.05) is 54.6 Å². The lowest BCUT2D eigenvalue weighted by molar-refractivity contribution is -0.123. The number of hydrazine groups is 1. The summed E-state index contributed by atoms with van der Waals surface area (Å²) in [6.45, 7) is 4.12. The van der Waals surface area contributed by atoms with E-state index >= 15 is 0 Å². The van der Waals surface area contributed by atoms with E-state index in [0.717, 1.165) is 18.5 Å². The number of para-hydroxylation sites is 2. The Morgan fingerprint density at radius 2 is 1.52 bits per heavy atom. The van der Waals surface area contributed by atoms with Gasteiger partial charge >= 0.3 is 0 Å². The normalized spacial score (nSPS) is 24.5. The molecule has 0 aromatic heterocycles. The second kappa shape index (κ2) is 9.04. The second-order valence-electron chi connectivity index (χ2n) is 8.15. The van der Waals surface area contributed by atoms with Crippen molar-refractivity contribution in [3.63, 3.8) is 0 Å². The molecule has 0 radical (unpaired) electrons. The highest BCUT2D eigenvalue weighted by Gasteiger charge is 2.54. The molecule has 2 heterocycles. The molecule has 4 atom stereocenters. The predicted octanol–water partition coefficient (Wildman–Crippen LogP) is 3.61. The van der Waals surface area contributed by atoms with Gasteiger partial charge in [-0.2, -0.15) is 0 Å². The molecule has 4 rings (SSSR count). The van der Waals surface area contributed by atoms with Crippen LogP contribution in [-0.4, -0.2) is 40.1 Å². The lowest BCUT2D eigenvalue weighted by atomic mass is 9.86. The maximum absolute atomic E-state index is 13.5. The largest absolute Gasteiger partial charge is 0.391 e. The lowest BCUT2D eigenvalue weighted by Gasteiger charge is -2.42. The van der Waals surface area contributed by atoms with Crippen LogP contribution in [0.25, 0.3) is 0 Å². The van der Waals surface area contributed by atoms with Gasteiger partial charge in [0.05, 0.1) is 23.8 Å². The first-order chi connectivity index (χ1) is 15.1. The first-order valence-electron chi connectivity index (χ1n) is 11.0. The summed E-state index contributed by atoms with van der Waals surface area (Å²) in [6, 6.07) is 17.4. The van der Waals surface area contributed by atoms with E-state index in [1.54, 1.807) is 23.2 Å². The molecule has 6 heteroatoms. The first kappa shape index (κ1) is 21.3. The summed E-state index contributed by atoms with van der Waals surface area (Å²) in [6.07, 6.45) is 4.67. The van der Waals surface area contributed by atoms with Crippen molar-refractivity contribution in [2.24, 2.45) is 11.8 Å². The summed E-state index contributed by atoms with van der Waals surface area (Å²) in [4.78, 5) is 28.0. The zero-order chi connectivity index (χ0) is 22.0. The van der Waals surface area contributed by atoms with Gasteiger partial charge in [0.25, 0.3) is 5.91 Å². The van der Waals surface area contributed by atoms with Crippen LogP contribution < -0.4 is 10.3 Å². The fourth-order valence-electron chi connectivity index (χ4n) is 4.64. The molecule has 4 unspecified atom stereocenters. The summed E-state index contributed by atoms with van der Waals surface area (Å²) in [5, 5.41) is 13.0. The van der Waals surface area contributed by atoms with E-state index in [2.05, 4.69) is 19.3 Å². The minimum Gasteiger partial charge on any atom is -0.391 e. The Labute approximate surface area is 183 Å². The number of aliphatic hydroxyl groups excluding tert-OH is 1. The minimum atomic E-state index is -0.730. The summed E-state index contributed by atoms with van der Waals surface area (Å²) in [5.74, 6) is -1.04. The number of hydrogen-bond acceptors (Lipinski definition) is 5. The molecule has 0 saturated carbocycles. The van der Waals surface area contributed by atoms with E-state index in [1.165, 1.54) is 4.90 Å². The van der Waals surface area contributed by atoms with Crippen LogP contribution in [0.1, 0.15) is 26.7 Å². The minimum absolute atomic E-state index is 0.0868. The van der Waals surface area contributed by atoms with Crippen LogP contribution in [0.2, 0.25) is 0 Å². The molecule has 1 fully saturated rings. The number of benzene rings is 2. The van der Waals surface area contributed by atoms with Crippen molar-refractivity contribution in [3.05, 3.63) is 72.8 Å². The molecule has 2 aromatic carbocycles. The third kappa shape index (κ3) is 3.89. The second-order valence-corrected chi connectivity index (χ2v) is 8.15. The third-order valence-corrected chi connectivity index (χ3v) is 6.38. The van der Waals surface area contributed by atoms with Crippen LogP contribution in [-0.2, 0) is 9.59 Å². The maximum atomic E-state index is 13.5. The molecule has 1 saturated heterocycles. The van der Waals surface area contributed by atoms with Crippen molar-refractivity contribution >= 4 is 23.2 Å². The highest BCUT2D eigenvalue weighted by Crippen LogP contribution is 2.36. The summed E-state index contributed by atoms with van der Waals surface area (Å²) in [5.41, 5.74) is 4.70. The van der Waals surface area contributed by atoms with Gasteiger partial charge in [0.15, 0.2) is 0 Å². The van der Waals surface area contributed by atoms with E-state index in [9.17, 15) is 14.7 Å². The number of carbonyl (C=O) groups is 2. The quantitative estimate of drug-likeness (QED) is 0.530. The monoisotopic (exact) mass is 419 g/mol. The molecule has 2 aliphatic heterocycles. The Hall–Kier alpha value is -2.96. The zero-order valence-electron chi connectivity index (χ0n) is 17.9. The summed E-state index contributed by atoms with van der Waals surface area (Å²) in [7, 11) is 0. The van der Waals surface area contributed by atoms with E-state index in [4.69, 9.17) is 0 Å². The Kier molecular flexibility index (Phi) is 6.20. The van der Waals surface area contributed by atoms with Crippen molar-refractivity contribution in [1.29, 1.82) is 0 Å². The number of fused-ring (bicyclic) bond motifs is 1. The van der Waals surface area contributed by atoms with Gasteiger partial charge in [-0.15, -0.1) is 0 Å². The van der Waals surface area contributed by atoms with Gasteiger partial charge in [-0.1, -0.05) is 75.2 Å². The average Bonchev–Trinajstić information content (AvgIpc) is 3.06. The van der Waals surface area contributed by atoms with Gasteiger partial charge in [0.2, 0.25) is 5.91 Å². The lowest BCUT2D eigenvalue weighted by Crippen LogP contribution is -2.58. The van der Waals surface area contributed by atoms with E-state index in [-0.39, 0.29) is 17.7 Å².